The Hall–Kier alpha value is -2.45. The SMILES string of the molecule is CN(C)c1ccc(CNC(=O)c2ccc(F)c(S(=O)(=O)N3CCCCC3)c2)cc1. The monoisotopic (exact) mass is 419 g/mol. The van der Waals surface area contributed by atoms with Gasteiger partial charge in [-0.1, -0.05) is 18.6 Å². The number of amides is 1. The number of hydrogen-bond acceptors (Lipinski definition) is 4. The van der Waals surface area contributed by atoms with Gasteiger partial charge in [-0.15, -0.1) is 0 Å². The molecule has 0 spiro atoms. The van der Waals surface area contributed by atoms with Gasteiger partial charge in [-0.25, -0.2) is 12.8 Å². The van der Waals surface area contributed by atoms with Gasteiger partial charge in [-0.3, -0.25) is 4.79 Å². The Morgan fingerprint density at radius 3 is 2.34 bits per heavy atom. The molecule has 0 aromatic heterocycles. The third kappa shape index (κ3) is 4.94. The van der Waals surface area contributed by atoms with E-state index in [4.69, 9.17) is 0 Å². The molecule has 29 heavy (non-hydrogen) atoms. The minimum Gasteiger partial charge on any atom is -0.378 e. The van der Waals surface area contributed by atoms with E-state index in [-0.39, 0.29) is 12.1 Å². The smallest absolute Gasteiger partial charge is 0.251 e. The van der Waals surface area contributed by atoms with E-state index in [2.05, 4.69) is 5.32 Å². The van der Waals surface area contributed by atoms with Gasteiger partial charge >= 0.3 is 0 Å². The Labute approximate surface area is 171 Å². The van der Waals surface area contributed by atoms with Crippen LogP contribution in [0.4, 0.5) is 10.1 Å². The van der Waals surface area contributed by atoms with Crippen molar-refractivity contribution >= 4 is 21.6 Å². The number of nitrogens with zero attached hydrogens (tertiary/aromatic N) is 2. The maximum absolute atomic E-state index is 14.3. The number of piperidine rings is 1. The lowest BCUT2D eigenvalue weighted by molar-refractivity contribution is 0.0950. The first-order valence-corrected chi connectivity index (χ1v) is 11.1. The summed E-state index contributed by atoms with van der Waals surface area (Å²) in [6.45, 7) is 1.04. The van der Waals surface area contributed by atoms with Crippen LogP contribution >= 0.6 is 0 Å². The molecular weight excluding hydrogens is 393 g/mol. The van der Waals surface area contributed by atoms with Crippen molar-refractivity contribution in [2.45, 2.75) is 30.7 Å². The number of anilines is 1. The van der Waals surface area contributed by atoms with E-state index in [9.17, 15) is 17.6 Å². The molecule has 0 bridgehead atoms. The van der Waals surface area contributed by atoms with E-state index < -0.39 is 26.6 Å². The van der Waals surface area contributed by atoms with Gasteiger partial charge < -0.3 is 10.2 Å². The lowest BCUT2D eigenvalue weighted by Gasteiger charge is -2.26. The Morgan fingerprint density at radius 2 is 1.72 bits per heavy atom. The maximum Gasteiger partial charge on any atom is 0.251 e. The first kappa shape index (κ1) is 21.3. The van der Waals surface area contributed by atoms with E-state index >= 15 is 0 Å². The first-order chi connectivity index (χ1) is 13.8. The summed E-state index contributed by atoms with van der Waals surface area (Å²) in [5.74, 6) is -1.29. The van der Waals surface area contributed by atoms with E-state index in [0.29, 0.717) is 13.1 Å². The summed E-state index contributed by atoms with van der Waals surface area (Å²) < 4.78 is 41.2. The molecule has 0 saturated carbocycles. The van der Waals surface area contributed by atoms with Crippen LogP contribution in [0.3, 0.4) is 0 Å². The van der Waals surface area contributed by atoms with Crippen molar-refractivity contribution in [1.82, 2.24) is 9.62 Å². The molecule has 0 unspecified atom stereocenters. The fourth-order valence-corrected chi connectivity index (χ4v) is 4.89. The van der Waals surface area contributed by atoms with Crippen LogP contribution in [0.1, 0.15) is 35.2 Å². The first-order valence-electron chi connectivity index (χ1n) is 9.63. The summed E-state index contributed by atoms with van der Waals surface area (Å²) in [6.07, 6.45) is 2.48. The highest BCUT2D eigenvalue weighted by atomic mass is 32.2. The molecule has 0 radical (unpaired) electrons. The highest BCUT2D eigenvalue weighted by molar-refractivity contribution is 7.89. The zero-order valence-electron chi connectivity index (χ0n) is 16.7. The molecule has 156 valence electrons. The Balaban J connectivity index is 1.73. The number of carbonyl (C=O) groups excluding carboxylic acids is 1. The van der Waals surface area contributed by atoms with Crippen molar-refractivity contribution in [3.05, 3.63) is 59.4 Å². The van der Waals surface area contributed by atoms with Gasteiger partial charge in [-0.05, 0) is 48.7 Å². The predicted octanol–water partition coefficient (Wildman–Crippen LogP) is 3.00. The number of halogens is 1. The van der Waals surface area contributed by atoms with Gasteiger partial charge in [0.1, 0.15) is 10.7 Å². The molecule has 1 aliphatic heterocycles. The molecule has 6 nitrogen and oxygen atoms in total. The summed E-state index contributed by atoms with van der Waals surface area (Å²) >= 11 is 0. The van der Waals surface area contributed by atoms with Gasteiger partial charge in [-0.2, -0.15) is 4.31 Å². The molecular formula is C21H26FN3O3S. The maximum atomic E-state index is 14.3. The predicted molar refractivity (Wildman–Crippen MR) is 111 cm³/mol. The second kappa shape index (κ2) is 8.92. The molecule has 8 heteroatoms. The third-order valence-electron chi connectivity index (χ3n) is 5.03. The van der Waals surface area contributed by atoms with Crippen LogP contribution in [0.5, 0.6) is 0 Å². The topological polar surface area (TPSA) is 69.7 Å². The summed E-state index contributed by atoms with van der Waals surface area (Å²) in [6, 6.07) is 11.2. The van der Waals surface area contributed by atoms with Crippen molar-refractivity contribution in [2.24, 2.45) is 0 Å². The summed E-state index contributed by atoms with van der Waals surface area (Å²) in [5.41, 5.74) is 2.07. The molecule has 1 N–H and O–H groups in total. The average molecular weight is 420 g/mol. The number of rotatable bonds is 6. The zero-order valence-corrected chi connectivity index (χ0v) is 17.5. The zero-order chi connectivity index (χ0) is 21.0. The average Bonchev–Trinajstić information content (AvgIpc) is 2.73. The van der Waals surface area contributed by atoms with Gasteiger partial charge in [0.15, 0.2) is 0 Å². The molecule has 1 heterocycles. The second-order valence-electron chi connectivity index (χ2n) is 7.35. The summed E-state index contributed by atoms with van der Waals surface area (Å²) in [7, 11) is -0.0645. The van der Waals surface area contributed by atoms with Crippen LogP contribution in [-0.4, -0.2) is 45.8 Å². The molecule has 1 saturated heterocycles. The molecule has 3 rings (SSSR count). The van der Waals surface area contributed by atoms with Crippen molar-refractivity contribution in [1.29, 1.82) is 0 Å². The molecule has 1 fully saturated rings. The Bertz CT molecular complexity index is 969. The van der Waals surface area contributed by atoms with Gasteiger partial charge in [0.05, 0.1) is 0 Å². The van der Waals surface area contributed by atoms with Crippen LogP contribution in [-0.2, 0) is 16.6 Å². The van der Waals surface area contributed by atoms with Crippen LogP contribution in [0.2, 0.25) is 0 Å². The lowest BCUT2D eigenvalue weighted by Crippen LogP contribution is -2.36. The fourth-order valence-electron chi connectivity index (χ4n) is 3.28. The van der Waals surface area contributed by atoms with Crippen molar-refractivity contribution in [3.63, 3.8) is 0 Å². The highest BCUT2D eigenvalue weighted by Crippen LogP contribution is 2.24. The normalized spacial score (nSPS) is 15.1. The van der Waals surface area contributed by atoms with E-state index in [1.54, 1.807) is 0 Å². The molecule has 2 aromatic carbocycles. The molecule has 1 amide bonds. The Morgan fingerprint density at radius 1 is 1.07 bits per heavy atom. The minimum atomic E-state index is -3.96. The fraction of sp³-hybridized carbons (Fsp3) is 0.381. The molecule has 0 aliphatic carbocycles. The number of sulfonamides is 1. The van der Waals surface area contributed by atoms with Crippen LogP contribution < -0.4 is 10.2 Å². The van der Waals surface area contributed by atoms with Crippen molar-refractivity contribution in [2.75, 3.05) is 32.1 Å². The quantitative estimate of drug-likeness (QED) is 0.782. The second-order valence-corrected chi connectivity index (χ2v) is 9.26. The number of carbonyl (C=O) groups is 1. The molecule has 1 aliphatic rings. The minimum absolute atomic E-state index is 0.117. The van der Waals surface area contributed by atoms with Crippen molar-refractivity contribution in [3.8, 4) is 0 Å². The third-order valence-corrected chi connectivity index (χ3v) is 6.95. The van der Waals surface area contributed by atoms with E-state index in [0.717, 1.165) is 42.6 Å². The Kier molecular flexibility index (Phi) is 6.54. The van der Waals surface area contributed by atoms with Gasteiger partial charge in [0.25, 0.3) is 5.91 Å². The standard InChI is InChI=1S/C21H26FN3O3S/c1-24(2)18-9-6-16(7-10-18)15-23-21(26)17-8-11-19(22)20(14-17)29(27,28)25-12-4-3-5-13-25/h6-11,14H,3-5,12-13,15H2,1-2H3,(H,23,26). The van der Waals surface area contributed by atoms with Crippen LogP contribution in [0.15, 0.2) is 47.4 Å². The van der Waals surface area contributed by atoms with Gasteiger partial charge in [0.2, 0.25) is 10.0 Å². The van der Waals surface area contributed by atoms with Crippen LogP contribution in [0, 0.1) is 5.82 Å². The number of benzene rings is 2. The van der Waals surface area contributed by atoms with Gasteiger partial charge in [0, 0.05) is 45.0 Å². The number of hydrogen-bond donors (Lipinski definition) is 1. The summed E-state index contributed by atoms with van der Waals surface area (Å²) in [5, 5.41) is 2.76. The number of nitrogens with one attached hydrogen (secondary N) is 1. The largest absolute Gasteiger partial charge is 0.378 e. The van der Waals surface area contributed by atoms with Crippen molar-refractivity contribution < 1.29 is 17.6 Å². The summed E-state index contributed by atoms with van der Waals surface area (Å²) in [4.78, 5) is 14.0. The van der Waals surface area contributed by atoms with E-state index in [1.165, 1.54) is 10.4 Å². The molecule has 2 aromatic rings. The molecule has 0 atom stereocenters. The lowest BCUT2D eigenvalue weighted by atomic mass is 10.1. The van der Waals surface area contributed by atoms with Crippen LogP contribution in [0.25, 0.3) is 0 Å². The highest BCUT2D eigenvalue weighted by Gasteiger charge is 2.29. The van der Waals surface area contributed by atoms with E-state index in [1.807, 2.05) is 43.3 Å².